The molecule has 0 aliphatic carbocycles. The van der Waals surface area contributed by atoms with Gasteiger partial charge in [0.05, 0.1) is 21.1 Å². The van der Waals surface area contributed by atoms with E-state index in [0.29, 0.717) is 10.9 Å². The molecule has 0 saturated heterocycles. The van der Waals surface area contributed by atoms with E-state index in [4.69, 9.17) is 4.74 Å². The molecular formula is C18H38NO2+. The highest BCUT2D eigenvalue weighted by Crippen LogP contribution is 2.13. The Balaban J connectivity index is 3.54. The molecule has 0 saturated carbocycles. The minimum absolute atomic E-state index is 0.0175. The summed E-state index contributed by atoms with van der Waals surface area (Å²) in [5.74, 6) is -0.0298. The summed E-state index contributed by atoms with van der Waals surface area (Å²) in [5.41, 5.74) is 0. The average molecular weight is 301 g/mol. The fraction of sp³-hybridized carbons (Fsp3) is 0.944. The number of hydrogen-bond acceptors (Lipinski definition) is 2. The zero-order valence-electron chi connectivity index (χ0n) is 15.1. The highest BCUT2D eigenvalue weighted by Gasteiger charge is 2.25. The first-order valence-corrected chi connectivity index (χ1v) is 8.92. The van der Waals surface area contributed by atoms with Crippen molar-refractivity contribution in [3.8, 4) is 0 Å². The average Bonchev–Trinajstić information content (AvgIpc) is 2.41. The lowest BCUT2D eigenvalue weighted by Crippen LogP contribution is -2.47. The number of esters is 1. The van der Waals surface area contributed by atoms with Crippen LogP contribution in [0.1, 0.15) is 84.5 Å². The summed E-state index contributed by atoms with van der Waals surface area (Å²) in [4.78, 5) is 11.8. The molecule has 0 fully saturated rings. The lowest BCUT2D eigenvalue weighted by Gasteiger charge is -2.32. The zero-order chi connectivity index (χ0) is 16.1. The Kier molecular flexibility index (Phi) is 11.7. The minimum atomic E-state index is -0.0298. The molecule has 1 atom stereocenters. The van der Waals surface area contributed by atoms with E-state index in [1.165, 1.54) is 44.9 Å². The summed E-state index contributed by atoms with van der Waals surface area (Å²) >= 11 is 0. The molecular weight excluding hydrogens is 262 g/mol. The van der Waals surface area contributed by atoms with Crippen LogP contribution in [0, 0.1) is 0 Å². The van der Waals surface area contributed by atoms with Gasteiger partial charge >= 0.3 is 5.97 Å². The molecule has 0 rings (SSSR count). The zero-order valence-corrected chi connectivity index (χ0v) is 15.1. The van der Waals surface area contributed by atoms with Crippen LogP contribution in [-0.4, -0.2) is 37.8 Å². The predicted molar refractivity (Wildman–Crippen MR) is 90.0 cm³/mol. The lowest BCUT2D eigenvalue weighted by molar-refractivity contribution is -0.917. The minimum Gasteiger partial charge on any atom is -0.412 e. The van der Waals surface area contributed by atoms with E-state index in [2.05, 4.69) is 35.0 Å². The number of quaternary nitrogens is 1. The van der Waals surface area contributed by atoms with Gasteiger partial charge in [0.25, 0.3) is 0 Å². The third kappa shape index (κ3) is 11.7. The Labute approximate surface area is 132 Å². The molecule has 0 aliphatic heterocycles. The molecule has 3 nitrogen and oxygen atoms in total. The molecule has 0 aromatic carbocycles. The molecule has 0 radical (unpaired) electrons. The SMILES string of the molecule is CCCCCCCCCCCC(=O)OC(CC)[N+](C)(C)C. The number of rotatable bonds is 13. The Bertz CT molecular complexity index is 258. The van der Waals surface area contributed by atoms with Crippen LogP contribution in [0.3, 0.4) is 0 Å². The molecule has 0 heterocycles. The number of carbonyl (C=O) groups excluding carboxylic acids is 1. The van der Waals surface area contributed by atoms with Crippen LogP contribution in [0.15, 0.2) is 0 Å². The van der Waals surface area contributed by atoms with Crippen molar-refractivity contribution < 1.29 is 14.0 Å². The smallest absolute Gasteiger partial charge is 0.310 e. The van der Waals surface area contributed by atoms with Crippen molar-refractivity contribution >= 4 is 5.97 Å². The van der Waals surface area contributed by atoms with Crippen LogP contribution in [0.2, 0.25) is 0 Å². The molecule has 21 heavy (non-hydrogen) atoms. The Morgan fingerprint density at radius 3 is 1.76 bits per heavy atom. The number of ether oxygens (including phenoxy) is 1. The van der Waals surface area contributed by atoms with Gasteiger partial charge in [-0.1, -0.05) is 65.2 Å². The van der Waals surface area contributed by atoms with Crippen LogP contribution < -0.4 is 0 Å². The normalized spacial score (nSPS) is 13.2. The summed E-state index contributed by atoms with van der Waals surface area (Å²) < 4.78 is 6.25. The van der Waals surface area contributed by atoms with Crippen molar-refractivity contribution in [3.05, 3.63) is 0 Å². The van der Waals surface area contributed by atoms with Crippen molar-refractivity contribution in [2.45, 2.75) is 90.7 Å². The molecule has 0 amide bonds. The molecule has 0 aliphatic rings. The van der Waals surface area contributed by atoms with E-state index in [-0.39, 0.29) is 12.2 Å². The molecule has 126 valence electrons. The number of nitrogens with zero attached hydrogens (tertiary/aromatic N) is 1. The molecule has 0 bridgehead atoms. The van der Waals surface area contributed by atoms with Crippen LogP contribution in [0.25, 0.3) is 0 Å². The fourth-order valence-corrected chi connectivity index (χ4v) is 2.58. The first kappa shape index (κ1) is 20.4. The van der Waals surface area contributed by atoms with Crippen molar-refractivity contribution in [1.82, 2.24) is 0 Å². The van der Waals surface area contributed by atoms with Gasteiger partial charge in [0, 0.05) is 12.8 Å². The lowest BCUT2D eigenvalue weighted by atomic mass is 10.1. The van der Waals surface area contributed by atoms with E-state index >= 15 is 0 Å². The summed E-state index contributed by atoms with van der Waals surface area (Å²) in [5, 5.41) is 0. The summed E-state index contributed by atoms with van der Waals surface area (Å²) in [6, 6.07) is 0. The second kappa shape index (κ2) is 12.0. The number of carbonyl (C=O) groups is 1. The van der Waals surface area contributed by atoms with Crippen LogP contribution in [0.5, 0.6) is 0 Å². The second-order valence-corrected chi connectivity index (χ2v) is 7.05. The van der Waals surface area contributed by atoms with E-state index < -0.39 is 0 Å². The van der Waals surface area contributed by atoms with Gasteiger partial charge in [-0.05, 0) is 6.42 Å². The largest absolute Gasteiger partial charge is 0.412 e. The maximum Gasteiger partial charge on any atom is 0.310 e. The highest BCUT2D eigenvalue weighted by molar-refractivity contribution is 5.69. The van der Waals surface area contributed by atoms with Crippen molar-refractivity contribution in [3.63, 3.8) is 0 Å². The highest BCUT2D eigenvalue weighted by atomic mass is 16.6. The third-order valence-electron chi connectivity index (χ3n) is 3.97. The van der Waals surface area contributed by atoms with Gasteiger partial charge in [0.15, 0.2) is 0 Å². The van der Waals surface area contributed by atoms with Gasteiger partial charge in [-0.25, -0.2) is 0 Å². The summed E-state index contributed by atoms with van der Waals surface area (Å²) in [7, 11) is 6.21. The fourth-order valence-electron chi connectivity index (χ4n) is 2.58. The van der Waals surface area contributed by atoms with Gasteiger partial charge in [-0.3, -0.25) is 9.28 Å². The van der Waals surface area contributed by atoms with Gasteiger partial charge in [0.2, 0.25) is 6.23 Å². The quantitative estimate of drug-likeness (QED) is 0.209. The molecule has 3 heteroatoms. The molecule has 0 spiro atoms. The van der Waals surface area contributed by atoms with Gasteiger partial charge in [-0.2, -0.15) is 0 Å². The van der Waals surface area contributed by atoms with E-state index in [0.717, 1.165) is 19.3 Å². The summed E-state index contributed by atoms with van der Waals surface area (Å²) in [6.07, 6.45) is 12.9. The number of unbranched alkanes of at least 4 members (excludes halogenated alkanes) is 8. The molecule has 0 aromatic rings. The first-order valence-electron chi connectivity index (χ1n) is 8.92. The van der Waals surface area contributed by atoms with Gasteiger partial charge < -0.3 is 4.74 Å². The topological polar surface area (TPSA) is 26.3 Å². The first-order chi connectivity index (χ1) is 9.91. The maximum atomic E-state index is 11.8. The van der Waals surface area contributed by atoms with Crippen LogP contribution in [0.4, 0.5) is 0 Å². The standard InChI is InChI=1S/C18H38NO2/c1-6-8-9-10-11-12-13-14-15-16-18(20)21-17(7-2)19(3,4)5/h17H,6-16H2,1-5H3/q+1. The predicted octanol–water partition coefficient (Wildman–Crippen LogP) is 4.89. The second-order valence-electron chi connectivity index (χ2n) is 7.05. The molecule has 1 unspecified atom stereocenters. The van der Waals surface area contributed by atoms with Crippen molar-refractivity contribution in [1.29, 1.82) is 0 Å². The monoisotopic (exact) mass is 300 g/mol. The van der Waals surface area contributed by atoms with Crippen LogP contribution in [-0.2, 0) is 9.53 Å². The van der Waals surface area contributed by atoms with Gasteiger partial charge in [-0.15, -0.1) is 0 Å². The number of hydrogen-bond donors (Lipinski definition) is 0. The Hall–Kier alpha value is -0.570. The Morgan fingerprint density at radius 1 is 0.857 bits per heavy atom. The van der Waals surface area contributed by atoms with Crippen LogP contribution >= 0.6 is 0 Å². The van der Waals surface area contributed by atoms with E-state index in [1.807, 2.05) is 0 Å². The van der Waals surface area contributed by atoms with E-state index in [9.17, 15) is 4.79 Å². The Morgan fingerprint density at radius 2 is 1.33 bits per heavy atom. The van der Waals surface area contributed by atoms with Crippen molar-refractivity contribution in [2.75, 3.05) is 21.1 Å². The van der Waals surface area contributed by atoms with E-state index in [1.54, 1.807) is 0 Å². The maximum absolute atomic E-state index is 11.8. The summed E-state index contributed by atoms with van der Waals surface area (Å²) in [6.45, 7) is 4.32. The molecule has 0 N–H and O–H groups in total. The third-order valence-corrected chi connectivity index (χ3v) is 3.97. The molecule has 0 aromatic heterocycles. The van der Waals surface area contributed by atoms with Crippen molar-refractivity contribution in [2.24, 2.45) is 0 Å². The van der Waals surface area contributed by atoms with Gasteiger partial charge in [0.1, 0.15) is 0 Å².